The molecule has 0 amide bonds. The first-order chi connectivity index (χ1) is 16.2. The first kappa shape index (κ1) is 25.4. The lowest BCUT2D eigenvalue weighted by Crippen LogP contribution is -2.25. The van der Waals surface area contributed by atoms with Crippen molar-refractivity contribution >= 4 is 17.6 Å². The number of carbonyl (C=O) groups excluding carboxylic acids is 2. The third-order valence-corrected chi connectivity index (χ3v) is 5.95. The third kappa shape index (κ3) is 6.01. The highest BCUT2D eigenvalue weighted by Gasteiger charge is 2.27. The minimum atomic E-state index is -0.554. The number of hydrogen-bond acceptors (Lipinski definition) is 7. The molecule has 1 aliphatic rings. The van der Waals surface area contributed by atoms with Gasteiger partial charge in [0.2, 0.25) is 0 Å². The van der Waals surface area contributed by atoms with Gasteiger partial charge in [0.05, 0.1) is 26.2 Å². The monoisotopic (exact) mass is 469 g/mol. The molecule has 0 aromatic heterocycles. The van der Waals surface area contributed by atoms with Crippen molar-refractivity contribution in [3.63, 3.8) is 0 Å². The van der Waals surface area contributed by atoms with Crippen LogP contribution in [0.4, 0.5) is 5.69 Å². The van der Waals surface area contributed by atoms with Crippen LogP contribution in [0.5, 0.6) is 17.2 Å². The number of hydrogen-bond donors (Lipinski definition) is 1. The molecule has 0 aliphatic heterocycles. The number of ether oxygens (including phenoxy) is 4. The Hall–Kier alpha value is -3.22. The van der Waals surface area contributed by atoms with E-state index in [1.54, 1.807) is 21.1 Å². The minimum absolute atomic E-state index is 0.0716. The van der Waals surface area contributed by atoms with Gasteiger partial charge in [-0.3, -0.25) is 9.59 Å². The van der Waals surface area contributed by atoms with Crippen molar-refractivity contribution in [3.05, 3.63) is 47.0 Å². The first-order valence-corrected chi connectivity index (χ1v) is 11.7. The molecular weight excluding hydrogens is 434 g/mol. The Bertz CT molecular complexity index is 1040. The number of carbonyl (C=O) groups is 2. The molecular formula is C27H35NO6. The second-order valence-corrected chi connectivity index (χ2v) is 9.46. The summed E-state index contributed by atoms with van der Waals surface area (Å²) in [6.07, 6.45) is 2.59. The quantitative estimate of drug-likeness (QED) is 0.435. The fourth-order valence-electron chi connectivity index (χ4n) is 4.09. The molecule has 0 saturated carbocycles. The fraction of sp³-hybridized carbons (Fsp3) is 0.481. The highest BCUT2D eigenvalue weighted by atomic mass is 16.5. The summed E-state index contributed by atoms with van der Waals surface area (Å²) in [6, 6.07) is 9.74. The summed E-state index contributed by atoms with van der Waals surface area (Å²) in [7, 11) is 3.21. The Balaban J connectivity index is 1.85. The van der Waals surface area contributed by atoms with Crippen molar-refractivity contribution in [1.82, 2.24) is 0 Å². The van der Waals surface area contributed by atoms with E-state index in [1.807, 2.05) is 51.1 Å². The maximum absolute atomic E-state index is 12.3. The van der Waals surface area contributed by atoms with Gasteiger partial charge in [0, 0.05) is 11.8 Å². The Morgan fingerprint density at radius 1 is 1.03 bits per heavy atom. The van der Waals surface area contributed by atoms with E-state index in [2.05, 4.69) is 5.32 Å². The smallest absolute Gasteiger partial charge is 0.325 e. The lowest BCUT2D eigenvalue weighted by atomic mass is 9.79. The zero-order valence-electron chi connectivity index (χ0n) is 20.9. The zero-order chi connectivity index (χ0) is 24.9. The summed E-state index contributed by atoms with van der Waals surface area (Å²) in [6.45, 7) is 7.72. The molecule has 0 bridgehead atoms. The number of fused-ring (bicyclic) bond motifs is 1. The van der Waals surface area contributed by atoms with E-state index < -0.39 is 5.41 Å². The number of nitrogens with one attached hydrogen (secondary N) is 1. The highest BCUT2D eigenvalue weighted by molar-refractivity contribution is 5.78. The van der Waals surface area contributed by atoms with Gasteiger partial charge in [-0.25, -0.2) is 0 Å². The number of esters is 2. The van der Waals surface area contributed by atoms with Crippen molar-refractivity contribution in [3.8, 4) is 17.2 Å². The van der Waals surface area contributed by atoms with Gasteiger partial charge in [-0.1, -0.05) is 6.07 Å². The van der Waals surface area contributed by atoms with Crippen molar-refractivity contribution in [2.24, 2.45) is 5.41 Å². The Kier molecular flexibility index (Phi) is 8.07. The van der Waals surface area contributed by atoms with E-state index in [4.69, 9.17) is 18.9 Å². The Morgan fingerprint density at radius 3 is 2.38 bits per heavy atom. The predicted molar refractivity (Wildman–Crippen MR) is 131 cm³/mol. The largest absolute Gasteiger partial charge is 0.493 e. The van der Waals surface area contributed by atoms with Gasteiger partial charge in [0.15, 0.2) is 11.5 Å². The number of benzene rings is 2. The first-order valence-electron chi connectivity index (χ1n) is 11.7. The van der Waals surface area contributed by atoms with Gasteiger partial charge >= 0.3 is 11.9 Å². The van der Waals surface area contributed by atoms with Gasteiger partial charge in [-0.15, -0.1) is 0 Å². The molecule has 0 saturated heterocycles. The van der Waals surface area contributed by atoms with Gasteiger partial charge < -0.3 is 24.3 Å². The Labute approximate surface area is 201 Å². The van der Waals surface area contributed by atoms with E-state index >= 15 is 0 Å². The number of rotatable bonds is 8. The predicted octanol–water partition coefficient (Wildman–Crippen LogP) is 4.90. The lowest BCUT2D eigenvalue weighted by molar-refractivity contribution is -0.143. The molecule has 7 heteroatoms. The standard InChI is InChI=1S/C27H35NO6/c1-7-33-25(29)16-28-22-15-24(32-6)23(31-5)14-21(22)19-9-8-18-13-20(11-10-17(18)12-19)34-26(30)27(2,3)4/h10-11,13-15,19,28H,7-9,12,16H2,1-6H3/t19-/m0/s1. The van der Waals surface area contributed by atoms with E-state index in [0.29, 0.717) is 23.9 Å². The molecule has 0 heterocycles. The molecule has 0 unspecified atom stereocenters. The summed E-state index contributed by atoms with van der Waals surface area (Å²) >= 11 is 0. The summed E-state index contributed by atoms with van der Waals surface area (Å²) < 4.78 is 21.7. The van der Waals surface area contributed by atoms with Crippen molar-refractivity contribution < 1.29 is 28.5 Å². The van der Waals surface area contributed by atoms with Crippen molar-refractivity contribution in [1.29, 1.82) is 0 Å². The number of aryl methyl sites for hydroxylation is 1. The summed E-state index contributed by atoms with van der Waals surface area (Å²) in [5.74, 6) is 1.49. The second kappa shape index (κ2) is 10.8. The average Bonchev–Trinajstić information content (AvgIpc) is 2.81. The molecule has 0 spiro atoms. The molecule has 7 nitrogen and oxygen atoms in total. The second-order valence-electron chi connectivity index (χ2n) is 9.46. The average molecular weight is 470 g/mol. The molecule has 1 atom stereocenters. The third-order valence-electron chi connectivity index (χ3n) is 5.95. The van der Waals surface area contributed by atoms with Crippen LogP contribution in [0.2, 0.25) is 0 Å². The van der Waals surface area contributed by atoms with E-state index in [-0.39, 0.29) is 24.4 Å². The maximum Gasteiger partial charge on any atom is 0.325 e. The number of methoxy groups -OCH3 is 2. The van der Waals surface area contributed by atoms with Crippen molar-refractivity contribution in [2.75, 3.05) is 32.7 Å². The number of anilines is 1. The minimum Gasteiger partial charge on any atom is -0.493 e. The molecule has 3 rings (SSSR count). The van der Waals surface area contributed by atoms with E-state index in [9.17, 15) is 9.59 Å². The van der Waals surface area contributed by atoms with Crippen LogP contribution in [0.3, 0.4) is 0 Å². The van der Waals surface area contributed by atoms with Crippen LogP contribution in [0.15, 0.2) is 30.3 Å². The van der Waals surface area contributed by atoms with Crippen LogP contribution in [0, 0.1) is 5.41 Å². The maximum atomic E-state index is 12.3. The molecule has 184 valence electrons. The molecule has 2 aromatic carbocycles. The molecule has 1 aliphatic carbocycles. The Morgan fingerprint density at radius 2 is 1.74 bits per heavy atom. The topological polar surface area (TPSA) is 83.1 Å². The van der Waals surface area contributed by atoms with Crippen LogP contribution in [0.1, 0.15) is 56.7 Å². The SMILES string of the molecule is CCOC(=O)CNc1cc(OC)c(OC)cc1[C@H]1CCc2cc(OC(=O)C(C)(C)C)ccc2C1. The van der Waals surface area contributed by atoms with Crippen LogP contribution < -0.4 is 19.5 Å². The van der Waals surface area contributed by atoms with Crippen LogP contribution >= 0.6 is 0 Å². The van der Waals surface area contributed by atoms with Crippen LogP contribution in [-0.4, -0.2) is 39.3 Å². The summed E-state index contributed by atoms with van der Waals surface area (Å²) in [5.41, 5.74) is 3.75. The van der Waals surface area contributed by atoms with Gasteiger partial charge in [0.1, 0.15) is 12.3 Å². The fourth-order valence-corrected chi connectivity index (χ4v) is 4.09. The highest BCUT2D eigenvalue weighted by Crippen LogP contribution is 2.42. The van der Waals surface area contributed by atoms with Crippen molar-refractivity contribution in [2.45, 2.75) is 52.9 Å². The van der Waals surface area contributed by atoms with Crippen LogP contribution in [0.25, 0.3) is 0 Å². The van der Waals surface area contributed by atoms with Gasteiger partial charge in [-0.05, 0) is 87.8 Å². The molecule has 2 aromatic rings. The van der Waals surface area contributed by atoms with Crippen LogP contribution in [-0.2, 0) is 27.2 Å². The van der Waals surface area contributed by atoms with Gasteiger partial charge in [-0.2, -0.15) is 0 Å². The lowest BCUT2D eigenvalue weighted by Gasteiger charge is -2.28. The molecule has 1 N–H and O–H groups in total. The molecule has 34 heavy (non-hydrogen) atoms. The summed E-state index contributed by atoms with van der Waals surface area (Å²) in [5, 5.41) is 3.22. The molecule has 0 radical (unpaired) electrons. The zero-order valence-corrected chi connectivity index (χ0v) is 20.9. The van der Waals surface area contributed by atoms with Gasteiger partial charge in [0.25, 0.3) is 0 Å². The van der Waals surface area contributed by atoms with E-state index in [0.717, 1.165) is 30.5 Å². The van der Waals surface area contributed by atoms with E-state index in [1.165, 1.54) is 11.1 Å². The normalized spacial score (nSPS) is 15.2. The molecule has 0 fully saturated rings. The summed E-state index contributed by atoms with van der Waals surface area (Å²) in [4.78, 5) is 24.2.